The maximum atomic E-state index is 11.5. The summed E-state index contributed by atoms with van der Waals surface area (Å²) in [6.07, 6.45) is 0. The molecule has 0 aliphatic carbocycles. The number of carbonyl (C=O) groups is 1. The van der Waals surface area contributed by atoms with Crippen LogP contribution in [0.5, 0.6) is 0 Å². The molecule has 3 nitrogen and oxygen atoms in total. The van der Waals surface area contributed by atoms with E-state index in [2.05, 4.69) is 0 Å². The summed E-state index contributed by atoms with van der Waals surface area (Å²) in [5.74, 6) is -1.28. The van der Waals surface area contributed by atoms with Gasteiger partial charge in [-0.2, -0.15) is 0 Å². The molecule has 2 N–H and O–H groups in total. The van der Waals surface area contributed by atoms with Crippen LogP contribution in [0.3, 0.4) is 0 Å². The standard InChI is InChI=1S/C15H14O3/c1-11-7-9-13(10-8-11)15(18,14(16)17)12-5-3-2-4-6-12/h2-10,18H,1H3,(H,16,17)/t15-/m0/s1. The molecule has 1 atom stereocenters. The first kappa shape index (κ1) is 12.3. The molecule has 18 heavy (non-hydrogen) atoms. The molecule has 0 radical (unpaired) electrons. The summed E-state index contributed by atoms with van der Waals surface area (Å²) in [5.41, 5.74) is -0.290. The number of carboxylic acids is 1. The van der Waals surface area contributed by atoms with E-state index in [4.69, 9.17) is 0 Å². The van der Waals surface area contributed by atoms with E-state index in [1.165, 1.54) is 0 Å². The van der Waals surface area contributed by atoms with Crippen LogP contribution in [-0.4, -0.2) is 16.2 Å². The zero-order valence-electron chi connectivity index (χ0n) is 10.00. The fourth-order valence-electron chi connectivity index (χ4n) is 1.89. The van der Waals surface area contributed by atoms with E-state index in [1.807, 2.05) is 6.92 Å². The topological polar surface area (TPSA) is 57.5 Å². The van der Waals surface area contributed by atoms with Gasteiger partial charge in [0.25, 0.3) is 0 Å². The van der Waals surface area contributed by atoms with Gasteiger partial charge in [0.05, 0.1) is 0 Å². The van der Waals surface area contributed by atoms with Crippen LogP contribution in [0.15, 0.2) is 54.6 Å². The second-order valence-electron chi connectivity index (χ2n) is 4.25. The lowest BCUT2D eigenvalue weighted by Crippen LogP contribution is -2.36. The van der Waals surface area contributed by atoms with Gasteiger partial charge in [0, 0.05) is 0 Å². The third-order valence-corrected chi connectivity index (χ3v) is 2.97. The van der Waals surface area contributed by atoms with Gasteiger partial charge in [-0.25, -0.2) is 4.79 Å². The first-order valence-electron chi connectivity index (χ1n) is 5.63. The molecule has 3 heteroatoms. The van der Waals surface area contributed by atoms with Gasteiger partial charge in [0.1, 0.15) is 0 Å². The van der Waals surface area contributed by atoms with Gasteiger partial charge in [-0.05, 0) is 18.1 Å². The summed E-state index contributed by atoms with van der Waals surface area (Å²) in [5, 5.41) is 19.9. The van der Waals surface area contributed by atoms with Gasteiger partial charge >= 0.3 is 5.97 Å². The van der Waals surface area contributed by atoms with Gasteiger partial charge in [0.2, 0.25) is 5.60 Å². The Bertz CT molecular complexity index is 546. The average molecular weight is 242 g/mol. The molecule has 0 unspecified atom stereocenters. The van der Waals surface area contributed by atoms with Crippen LogP contribution in [-0.2, 0) is 10.4 Å². The minimum Gasteiger partial charge on any atom is -0.479 e. The summed E-state index contributed by atoms with van der Waals surface area (Å²) < 4.78 is 0. The number of aliphatic hydroxyl groups is 1. The molecule has 0 fully saturated rings. The minimum absolute atomic E-state index is 0.348. The molecular formula is C15H14O3. The molecule has 2 rings (SSSR count). The van der Waals surface area contributed by atoms with E-state index in [9.17, 15) is 15.0 Å². The predicted octanol–water partition coefficient (Wildman–Crippen LogP) is 2.32. The molecule has 0 aliphatic heterocycles. The highest BCUT2D eigenvalue weighted by Crippen LogP contribution is 2.30. The van der Waals surface area contributed by atoms with Crippen molar-refractivity contribution in [2.24, 2.45) is 0 Å². The molecule has 2 aromatic carbocycles. The quantitative estimate of drug-likeness (QED) is 0.868. The van der Waals surface area contributed by atoms with E-state index >= 15 is 0 Å². The Hall–Kier alpha value is -2.13. The molecule has 0 bridgehead atoms. The molecule has 92 valence electrons. The molecule has 0 saturated heterocycles. The van der Waals surface area contributed by atoms with Gasteiger partial charge < -0.3 is 10.2 Å². The lowest BCUT2D eigenvalue weighted by molar-refractivity contribution is -0.155. The molecule has 0 spiro atoms. The number of hydrogen-bond donors (Lipinski definition) is 2. The van der Waals surface area contributed by atoms with E-state index in [1.54, 1.807) is 54.6 Å². The average Bonchev–Trinajstić information content (AvgIpc) is 2.39. The van der Waals surface area contributed by atoms with Crippen molar-refractivity contribution in [2.45, 2.75) is 12.5 Å². The third kappa shape index (κ3) is 2.00. The summed E-state index contributed by atoms with van der Waals surface area (Å²) in [7, 11) is 0. The monoisotopic (exact) mass is 242 g/mol. The van der Waals surface area contributed by atoms with Crippen LogP contribution in [0, 0.1) is 6.92 Å². The maximum absolute atomic E-state index is 11.5. The maximum Gasteiger partial charge on any atom is 0.345 e. The van der Waals surface area contributed by atoms with Crippen molar-refractivity contribution in [2.75, 3.05) is 0 Å². The minimum atomic E-state index is -2.01. The van der Waals surface area contributed by atoms with E-state index in [0.717, 1.165) is 5.56 Å². The Morgan fingerprint density at radius 3 is 1.94 bits per heavy atom. The summed E-state index contributed by atoms with van der Waals surface area (Å²) in [6, 6.07) is 15.2. The molecule has 0 saturated carbocycles. The largest absolute Gasteiger partial charge is 0.479 e. The van der Waals surface area contributed by atoms with Crippen molar-refractivity contribution < 1.29 is 15.0 Å². The molecule has 0 aliphatic rings. The van der Waals surface area contributed by atoms with Gasteiger partial charge in [-0.15, -0.1) is 0 Å². The van der Waals surface area contributed by atoms with Crippen molar-refractivity contribution in [1.29, 1.82) is 0 Å². The first-order chi connectivity index (χ1) is 8.55. The highest BCUT2D eigenvalue weighted by atomic mass is 16.4. The lowest BCUT2D eigenvalue weighted by atomic mass is 9.86. The summed E-state index contributed by atoms with van der Waals surface area (Å²) in [6.45, 7) is 1.91. The lowest BCUT2D eigenvalue weighted by Gasteiger charge is -2.24. The molecule has 0 heterocycles. The van der Waals surface area contributed by atoms with Crippen molar-refractivity contribution in [1.82, 2.24) is 0 Å². The second kappa shape index (κ2) is 4.63. The Balaban J connectivity index is 2.58. The fourth-order valence-corrected chi connectivity index (χ4v) is 1.89. The van der Waals surface area contributed by atoms with Crippen LogP contribution in [0.4, 0.5) is 0 Å². The Morgan fingerprint density at radius 1 is 0.944 bits per heavy atom. The molecule has 0 aromatic heterocycles. The fraction of sp³-hybridized carbons (Fsp3) is 0.133. The number of benzene rings is 2. The molecular weight excluding hydrogens is 228 g/mol. The number of rotatable bonds is 3. The van der Waals surface area contributed by atoms with Crippen molar-refractivity contribution in [3.05, 3.63) is 71.3 Å². The smallest absolute Gasteiger partial charge is 0.345 e. The van der Waals surface area contributed by atoms with Crippen LogP contribution in [0.25, 0.3) is 0 Å². The van der Waals surface area contributed by atoms with Crippen molar-refractivity contribution >= 4 is 5.97 Å². The third-order valence-electron chi connectivity index (χ3n) is 2.97. The van der Waals surface area contributed by atoms with Crippen molar-refractivity contribution in [3.8, 4) is 0 Å². The van der Waals surface area contributed by atoms with Gasteiger partial charge in [0.15, 0.2) is 0 Å². The van der Waals surface area contributed by atoms with Gasteiger partial charge in [-0.3, -0.25) is 0 Å². The van der Waals surface area contributed by atoms with E-state index in [0.29, 0.717) is 11.1 Å². The summed E-state index contributed by atoms with van der Waals surface area (Å²) >= 11 is 0. The first-order valence-corrected chi connectivity index (χ1v) is 5.63. The number of aryl methyl sites for hydroxylation is 1. The van der Waals surface area contributed by atoms with Crippen LogP contribution in [0.1, 0.15) is 16.7 Å². The molecule has 0 amide bonds. The van der Waals surface area contributed by atoms with Crippen LogP contribution < -0.4 is 0 Å². The van der Waals surface area contributed by atoms with Crippen molar-refractivity contribution in [3.63, 3.8) is 0 Å². The SMILES string of the molecule is Cc1ccc([C@](O)(C(=O)O)c2ccccc2)cc1. The highest BCUT2D eigenvalue weighted by molar-refractivity contribution is 5.83. The number of carboxylic acid groups (broad SMARTS) is 1. The number of aliphatic carboxylic acids is 1. The van der Waals surface area contributed by atoms with E-state index in [-0.39, 0.29) is 0 Å². The normalized spacial score (nSPS) is 13.9. The Labute approximate surface area is 105 Å². The van der Waals surface area contributed by atoms with Crippen LogP contribution >= 0.6 is 0 Å². The highest BCUT2D eigenvalue weighted by Gasteiger charge is 2.39. The predicted molar refractivity (Wildman–Crippen MR) is 68.3 cm³/mol. The van der Waals surface area contributed by atoms with Gasteiger partial charge in [-0.1, -0.05) is 60.2 Å². The van der Waals surface area contributed by atoms with E-state index < -0.39 is 11.6 Å². The number of hydrogen-bond acceptors (Lipinski definition) is 2. The second-order valence-corrected chi connectivity index (χ2v) is 4.25. The molecule has 2 aromatic rings. The zero-order valence-corrected chi connectivity index (χ0v) is 10.00. The van der Waals surface area contributed by atoms with Crippen LogP contribution in [0.2, 0.25) is 0 Å². The zero-order chi connectivity index (χ0) is 13.2. The Morgan fingerprint density at radius 2 is 1.44 bits per heavy atom. The Kier molecular flexibility index (Phi) is 3.17. The summed E-state index contributed by atoms with van der Waals surface area (Å²) in [4.78, 5) is 11.5.